The van der Waals surface area contributed by atoms with E-state index in [1.807, 2.05) is 0 Å². The predicted molar refractivity (Wildman–Crippen MR) is 77.2 cm³/mol. The Morgan fingerprint density at radius 2 is 2.22 bits per heavy atom. The molecular weight excluding hydrogens is 303 g/mol. The Bertz CT molecular complexity index is 746. The number of nitrogens with zero attached hydrogens (tertiary/aromatic N) is 4. The number of rotatable bonds is 4. The lowest BCUT2D eigenvalue weighted by Crippen LogP contribution is -2.40. The molecule has 1 N–H and O–H groups in total. The van der Waals surface area contributed by atoms with Crippen LogP contribution in [0.3, 0.4) is 0 Å². The number of hydrogen-bond donors (Lipinski definition) is 1. The summed E-state index contributed by atoms with van der Waals surface area (Å²) in [5.74, 6) is -1.80. The fraction of sp³-hybridized carbons (Fsp3) is 0.333. The molecule has 1 aliphatic heterocycles. The normalized spacial score (nSPS) is 17.4. The lowest BCUT2D eigenvalue weighted by molar-refractivity contribution is -0.141. The van der Waals surface area contributed by atoms with Crippen molar-refractivity contribution in [2.24, 2.45) is 0 Å². The number of amides is 1. The Morgan fingerprint density at radius 3 is 2.96 bits per heavy atom. The van der Waals surface area contributed by atoms with Crippen LogP contribution in [0.15, 0.2) is 30.5 Å². The van der Waals surface area contributed by atoms with E-state index in [-0.39, 0.29) is 18.1 Å². The van der Waals surface area contributed by atoms with Gasteiger partial charge in [0, 0.05) is 6.54 Å². The number of benzene rings is 1. The molecule has 0 unspecified atom stereocenters. The first-order valence-corrected chi connectivity index (χ1v) is 7.23. The minimum atomic E-state index is -1.01. The van der Waals surface area contributed by atoms with Crippen LogP contribution in [0.4, 0.5) is 4.39 Å². The molecule has 1 aliphatic rings. The zero-order valence-electron chi connectivity index (χ0n) is 12.2. The summed E-state index contributed by atoms with van der Waals surface area (Å²) < 4.78 is 14.6. The van der Waals surface area contributed by atoms with Crippen molar-refractivity contribution in [2.45, 2.75) is 25.4 Å². The van der Waals surface area contributed by atoms with Crippen LogP contribution < -0.4 is 0 Å². The number of carboxylic acids is 1. The van der Waals surface area contributed by atoms with Gasteiger partial charge in [-0.05, 0) is 30.5 Å². The largest absolute Gasteiger partial charge is 0.480 e. The van der Waals surface area contributed by atoms with Crippen molar-refractivity contribution in [3.63, 3.8) is 0 Å². The standard InChI is InChI=1S/C15H15FN4O3/c16-11-4-1-3-10(7-11)8-19-9-12(17-18-19)14(21)20-6-2-5-13(20)15(22)23/h1,3-4,7,9,13H,2,5-6,8H2,(H,22,23)/t13-/m1/s1. The molecule has 0 radical (unpaired) electrons. The molecule has 0 aliphatic carbocycles. The van der Waals surface area contributed by atoms with Crippen LogP contribution in [0.1, 0.15) is 28.9 Å². The van der Waals surface area contributed by atoms with Gasteiger partial charge in [-0.1, -0.05) is 17.3 Å². The highest BCUT2D eigenvalue weighted by Gasteiger charge is 2.35. The van der Waals surface area contributed by atoms with Crippen molar-refractivity contribution in [2.75, 3.05) is 6.54 Å². The third-order valence-electron chi connectivity index (χ3n) is 3.79. The van der Waals surface area contributed by atoms with Gasteiger partial charge >= 0.3 is 5.97 Å². The molecule has 23 heavy (non-hydrogen) atoms. The number of hydrogen-bond acceptors (Lipinski definition) is 4. The lowest BCUT2D eigenvalue weighted by atomic mass is 10.2. The molecule has 0 bridgehead atoms. The maximum absolute atomic E-state index is 13.2. The molecule has 0 saturated carbocycles. The van der Waals surface area contributed by atoms with Crippen LogP contribution >= 0.6 is 0 Å². The Labute approximate surface area is 131 Å². The lowest BCUT2D eigenvalue weighted by Gasteiger charge is -2.19. The SMILES string of the molecule is O=C(O)[C@H]1CCCN1C(=O)c1cn(Cc2cccc(F)c2)nn1. The van der Waals surface area contributed by atoms with E-state index in [0.29, 0.717) is 24.9 Å². The Hall–Kier alpha value is -2.77. The van der Waals surface area contributed by atoms with Gasteiger partial charge in [0.15, 0.2) is 5.69 Å². The summed E-state index contributed by atoms with van der Waals surface area (Å²) in [7, 11) is 0. The van der Waals surface area contributed by atoms with Crippen molar-refractivity contribution >= 4 is 11.9 Å². The van der Waals surface area contributed by atoms with Gasteiger partial charge in [0.1, 0.15) is 11.9 Å². The molecule has 0 spiro atoms. The number of carboxylic acid groups (broad SMARTS) is 1. The summed E-state index contributed by atoms with van der Waals surface area (Å²) in [5, 5.41) is 16.8. The van der Waals surface area contributed by atoms with Gasteiger partial charge in [-0.15, -0.1) is 5.10 Å². The van der Waals surface area contributed by atoms with Gasteiger partial charge in [-0.2, -0.15) is 0 Å². The van der Waals surface area contributed by atoms with E-state index in [2.05, 4.69) is 10.3 Å². The van der Waals surface area contributed by atoms with Crippen LogP contribution in [0, 0.1) is 5.82 Å². The topological polar surface area (TPSA) is 88.3 Å². The Kier molecular flexibility index (Phi) is 4.05. The van der Waals surface area contributed by atoms with Gasteiger partial charge in [0.25, 0.3) is 5.91 Å². The number of halogens is 1. The molecule has 1 atom stereocenters. The summed E-state index contributed by atoms with van der Waals surface area (Å²) in [6.07, 6.45) is 2.54. The summed E-state index contributed by atoms with van der Waals surface area (Å²) in [4.78, 5) is 24.8. The summed E-state index contributed by atoms with van der Waals surface area (Å²) in [5.41, 5.74) is 0.785. The summed E-state index contributed by atoms with van der Waals surface area (Å²) in [6, 6.07) is 5.25. The fourth-order valence-corrected chi connectivity index (χ4v) is 2.71. The van der Waals surface area contributed by atoms with Crippen LogP contribution in [0.2, 0.25) is 0 Å². The minimum absolute atomic E-state index is 0.0922. The second-order valence-electron chi connectivity index (χ2n) is 5.43. The molecule has 1 aromatic carbocycles. The van der Waals surface area contributed by atoms with E-state index < -0.39 is 17.9 Å². The van der Waals surface area contributed by atoms with Crippen molar-refractivity contribution in [1.29, 1.82) is 0 Å². The van der Waals surface area contributed by atoms with E-state index in [9.17, 15) is 14.0 Å². The van der Waals surface area contributed by atoms with Crippen LogP contribution in [0.5, 0.6) is 0 Å². The first-order valence-electron chi connectivity index (χ1n) is 7.23. The molecule has 1 amide bonds. The predicted octanol–water partition coefficient (Wildman–Crippen LogP) is 1.15. The highest BCUT2D eigenvalue weighted by atomic mass is 19.1. The van der Waals surface area contributed by atoms with Crippen molar-refractivity contribution < 1.29 is 19.1 Å². The number of aliphatic carboxylic acids is 1. The molecule has 2 heterocycles. The van der Waals surface area contributed by atoms with Crippen LogP contribution in [-0.2, 0) is 11.3 Å². The van der Waals surface area contributed by atoms with Crippen molar-refractivity contribution in [3.05, 3.63) is 47.5 Å². The monoisotopic (exact) mass is 318 g/mol. The quantitative estimate of drug-likeness (QED) is 0.914. The fourth-order valence-electron chi connectivity index (χ4n) is 2.71. The average molecular weight is 318 g/mol. The molecule has 7 nitrogen and oxygen atoms in total. The maximum Gasteiger partial charge on any atom is 0.326 e. The zero-order chi connectivity index (χ0) is 16.4. The van der Waals surface area contributed by atoms with Crippen molar-refractivity contribution in [3.8, 4) is 0 Å². The van der Waals surface area contributed by atoms with Crippen molar-refractivity contribution in [1.82, 2.24) is 19.9 Å². The first-order chi connectivity index (χ1) is 11.0. The number of carbonyl (C=O) groups is 2. The molecule has 1 saturated heterocycles. The third kappa shape index (κ3) is 3.20. The van der Waals surface area contributed by atoms with Gasteiger partial charge < -0.3 is 10.0 Å². The number of aromatic nitrogens is 3. The molecule has 2 aromatic rings. The minimum Gasteiger partial charge on any atom is -0.480 e. The van der Waals surface area contributed by atoms with Gasteiger partial charge in [-0.25, -0.2) is 13.9 Å². The number of likely N-dealkylation sites (tertiary alicyclic amines) is 1. The smallest absolute Gasteiger partial charge is 0.326 e. The molecule has 1 fully saturated rings. The molecule has 8 heteroatoms. The molecule has 120 valence electrons. The molecule has 1 aromatic heterocycles. The van der Waals surface area contributed by atoms with E-state index in [4.69, 9.17) is 5.11 Å². The van der Waals surface area contributed by atoms with E-state index in [0.717, 1.165) is 0 Å². The first kappa shape index (κ1) is 15.1. The third-order valence-corrected chi connectivity index (χ3v) is 3.79. The van der Waals surface area contributed by atoms with E-state index >= 15 is 0 Å². The van der Waals surface area contributed by atoms with E-state index in [1.165, 1.54) is 27.9 Å². The van der Waals surface area contributed by atoms with Crippen LogP contribution in [0.25, 0.3) is 0 Å². The maximum atomic E-state index is 13.2. The molecular formula is C15H15FN4O3. The molecule has 3 rings (SSSR count). The Morgan fingerprint density at radius 1 is 1.39 bits per heavy atom. The highest BCUT2D eigenvalue weighted by molar-refractivity contribution is 5.95. The zero-order valence-corrected chi connectivity index (χ0v) is 12.2. The Balaban J connectivity index is 1.74. The average Bonchev–Trinajstić information content (AvgIpc) is 3.15. The van der Waals surface area contributed by atoms with Gasteiger partial charge in [0.2, 0.25) is 0 Å². The summed E-state index contributed by atoms with van der Waals surface area (Å²) in [6.45, 7) is 0.674. The highest BCUT2D eigenvalue weighted by Crippen LogP contribution is 2.19. The summed E-state index contributed by atoms with van der Waals surface area (Å²) >= 11 is 0. The number of carbonyl (C=O) groups excluding carboxylic acids is 1. The van der Waals surface area contributed by atoms with E-state index in [1.54, 1.807) is 12.1 Å². The van der Waals surface area contributed by atoms with Gasteiger partial charge in [-0.3, -0.25) is 4.79 Å². The second kappa shape index (κ2) is 6.15. The van der Waals surface area contributed by atoms with Gasteiger partial charge in [0.05, 0.1) is 12.7 Å². The van der Waals surface area contributed by atoms with Crippen LogP contribution in [-0.4, -0.2) is 49.5 Å². The second-order valence-corrected chi connectivity index (χ2v) is 5.43.